The van der Waals surface area contributed by atoms with Crippen LogP contribution in [0.2, 0.25) is 0 Å². The molecule has 0 aliphatic rings. The summed E-state index contributed by atoms with van der Waals surface area (Å²) in [5.74, 6) is -0.675. The fourth-order valence-electron chi connectivity index (χ4n) is 0.688. The summed E-state index contributed by atoms with van der Waals surface area (Å²) >= 11 is 0. The van der Waals surface area contributed by atoms with E-state index in [1.165, 1.54) is 0 Å². The molecule has 0 fully saturated rings. The average Bonchev–Trinajstić information content (AvgIpc) is 2.12. The normalized spacial score (nSPS) is 13.1. The Morgan fingerprint density at radius 3 is 2.27 bits per heavy atom. The summed E-state index contributed by atoms with van der Waals surface area (Å²) in [6, 6.07) is 0. The minimum atomic E-state index is -0.635. The molecule has 0 saturated carbocycles. The first kappa shape index (κ1) is 13.9. The lowest BCUT2D eigenvalue weighted by molar-refractivity contribution is -0.161. The molecular weight excluding hydrogens is 196 g/mol. The second-order valence-corrected chi connectivity index (χ2v) is 4.31. The fraction of sp³-hybridized carbons (Fsp3) is 0.727. The van der Waals surface area contributed by atoms with Crippen LogP contribution in [0.3, 0.4) is 0 Å². The highest BCUT2D eigenvalue weighted by Crippen LogP contribution is 2.15. The third-order valence-corrected chi connectivity index (χ3v) is 1.60. The van der Waals surface area contributed by atoms with E-state index in [0.717, 1.165) is 0 Å². The standard InChI is InChI=1S/C11H19O4/c1-6-9(12)15-8(2)7-14-10(13)11(3,4)5/h8H,2,6-7H2,1,3-5H3. The van der Waals surface area contributed by atoms with E-state index in [9.17, 15) is 9.59 Å². The Labute approximate surface area is 90.9 Å². The van der Waals surface area contributed by atoms with Gasteiger partial charge in [-0.15, -0.1) is 0 Å². The number of carbonyl (C=O) groups is 2. The van der Waals surface area contributed by atoms with E-state index in [2.05, 4.69) is 6.92 Å². The van der Waals surface area contributed by atoms with Crippen LogP contribution in [0, 0.1) is 12.3 Å². The van der Waals surface area contributed by atoms with Gasteiger partial charge in [-0.05, 0) is 27.7 Å². The van der Waals surface area contributed by atoms with Crippen LogP contribution in [0.15, 0.2) is 0 Å². The van der Waals surface area contributed by atoms with Crippen LogP contribution < -0.4 is 0 Å². The number of hydrogen-bond acceptors (Lipinski definition) is 4. The molecule has 0 aliphatic carbocycles. The molecule has 0 rings (SSSR count). The Balaban J connectivity index is 3.86. The lowest BCUT2D eigenvalue weighted by Crippen LogP contribution is -2.28. The topological polar surface area (TPSA) is 52.6 Å². The molecule has 4 heteroatoms. The molecule has 0 amide bonds. The van der Waals surface area contributed by atoms with Gasteiger partial charge in [0.1, 0.15) is 12.7 Å². The van der Waals surface area contributed by atoms with E-state index < -0.39 is 11.5 Å². The van der Waals surface area contributed by atoms with Crippen molar-refractivity contribution in [2.24, 2.45) is 5.41 Å². The monoisotopic (exact) mass is 215 g/mol. The lowest BCUT2D eigenvalue weighted by atomic mass is 9.97. The Morgan fingerprint density at radius 2 is 1.87 bits per heavy atom. The Bertz CT molecular complexity index is 227. The van der Waals surface area contributed by atoms with Crippen molar-refractivity contribution in [1.82, 2.24) is 0 Å². The SMILES string of the molecule is [CH2]C(COC(=O)C(C)(C)C)OC(=O)CC. The highest BCUT2D eigenvalue weighted by atomic mass is 16.6. The minimum Gasteiger partial charge on any atom is -0.461 e. The second kappa shape index (κ2) is 5.73. The molecule has 1 radical (unpaired) electrons. The van der Waals surface area contributed by atoms with Gasteiger partial charge in [-0.2, -0.15) is 0 Å². The van der Waals surface area contributed by atoms with Crippen LogP contribution in [-0.2, 0) is 19.1 Å². The highest BCUT2D eigenvalue weighted by Gasteiger charge is 2.23. The molecule has 0 heterocycles. The van der Waals surface area contributed by atoms with Gasteiger partial charge in [0.2, 0.25) is 0 Å². The summed E-state index contributed by atoms with van der Waals surface area (Å²) < 4.78 is 9.77. The first-order chi connectivity index (χ1) is 6.77. The molecule has 0 aromatic carbocycles. The lowest BCUT2D eigenvalue weighted by Gasteiger charge is -2.19. The number of ether oxygens (including phenoxy) is 2. The molecule has 1 unspecified atom stereocenters. The van der Waals surface area contributed by atoms with Crippen molar-refractivity contribution < 1.29 is 19.1 Å². The summed E-state index contributed by atoms with van der Waals surface area (Å²) in [7, 11) is 0. The van der Waals surface area contributed by atoms with Crippen LogP contribution in [0.5, 0.6) is 0 Å². The molecule has 4 nitrogen and oxygen atoms in total. The quantitative estimate of drug-likeness (QED) is 0.670. The first-order valence-electron chi connectivity index (χ1n) is 4.97. The van der Waals surface area contributed by atoms with Gasteiger partial charge in [0.15, 0.2) is 0 Å². The summed E-state index contributed by atoms with van der Waals surface area (Å²) in [5, 5.41) is 0. The first-order valence-corrected chi connectivity index (χ1v) is 4.97. The molecule has 0 bridgehead atoms. The summed E-state index contributed by atoms with van der Waals surface area (Å²) in [6.45, 7) is 10.5. The maximum Gasteiger partial charge on any atom is 0.311 e. The third-order valence-electron chi connectivity index (χ3n) is 1.60. The summed E-state index contributed by atoms with van der Waals surface area (Å²) in [6.07, 6.45) is -0.345. The van der Waals surface area contributed by atoms with Crippen molar-refractivity contribution in [1.29, 1.82) is 0 Å². The number of hydrogen-bond donors (Lipinski definition) is 0. The number of rotatable bonds is 4. The van der Waals surface area contributed by atoms with Crippen LogP contribution >= 0.6 is 0 Å². The van der Waals surface area contributed by atoms with Crippen LogP contribution in [0.4, 0.5) is 0 Å². The largest absolute Gasteiger partial charge is 0.461 e. The van der Waals surface area contributed by atoms with Gasteiger partial charge < -0.3 is 9.47 Å². The second-order valence-electron chi connectivity index (χ2n) is 4.31. The maximum atomic E-state index is 11.3. The van der Waals surface area contributed by atoms with Crippen molar-refractivity contribution in [2.45, 2.75) is 40.2 Å². The van der Waals surface area contributed by atoms with Crippen molar-refractivity contribution in [3.8, 4) is 0 Å². The predicted molar refractivity (Wildman–Crippen MR) is 55.9 cm³/mol. The van der Waals surface area contributed by atoms with Crippen LogP contribution in [-0.4, -0.2) is 24.6 Å². The Kier molecular flexibility index (Phi) is 5.33. The zero-order valence-corrected chi connectivity index (χ0v) is 9.83. The average molecular weight is 215 g/mol. The van der Waals surface area contributed by atoms with E-state index in [1.807, 2.05) is 0 Å². The summed E-state index contributed by atoms with van der Waals surface area (Å²) in [4.78, 5) is 22.2. The van der Waals surface area contributed by atoms with Gasteiger partial charge in [-0.3, -0.25) is 9.59 Å². The Morgan fingerprint density at radius 1 is 1.33 bits per heavy atom. The van der Waals surface area contributed by atoms with E-state index in [1.54, 1.807) is 27.7 Å². The molecule has 87 valence electrons. The van der Waals surface area contributed by atoms with Crippen molar-refractivity contribution >= 4 is 11.9 Å². The van der Waals surface area contributed by atoms with Gasteiger partial charge >= 0.3 is 11.9 Å². The molecule has 0 aromatic heterocycles. The zero-order chi connectivity index (χ0) is 12.1. The molecule has 15 heavy (non-hydrogen) atoms. The van der Waals surface area contributed by atoms with Crippen LogP contribution in [0.1, 0.15) is 34.1 Å². The van der Waals surface area contributed by atoms with E-state index in [-0.39, 0.29) is 18.5 Å². The molecule has 0 saturated heterocycles. The smallest absolute Gasteiger partial charge is 0.311 e. The van der Waals surface area contributed by atoms with Gasteiger partial charge in [0, 0.05) is 6.42 Å². The molecule has 1 atom stereocenters. The van der Waals surface area contributed by atoms with Gasteiger partial charge in [-0.1, -0.05) is 6.92 Å². The Hall–Kier alpha value is -1.06. The molecule has 0 aromatic rings. The van der Waals surface area contributed by atoms with Gasteiger partial charge in [0.25, 0.3) is 0 Å². The van der Waals surface area contributed by atoms with E-state index in [4.69, 9.17) is 9.47 Å². The molecule has 0 N–H and O–H groups in total. The van der Waals surface area contributed by atoms with Gasteiger partial charge in [-0.25, -0.2) is 0 Å². The zero-order valence-electron chi connectivity index (χ0n) is 9.83. The number of carbonyl (C=O) groups excluding carboxylic acids is 2. The van der Waals surface area contributed by atoms with Gasteiger partial charge in [0.05, 0.1) is 5.41 Å². The minimum absolute atomic E-state index is 0.00183. The number of esters is 2. The summed E-state index contributed by atoms with van der Waals surface area (Å²) in [5.41, 5.74) is -0.547. The van der Waals surface area contributed by atoms with Crippen molar-refractivity contribution in [2.75, 3.05) is 6.61 Å². The molecule has 0 aliphatic heterocycles. The molecule has 0 spiro atoms. The third kappa shape index (κ3) is 6.10. The fourth-order valence-corrected chi connectivity index (χ4v) is 0.688. The van der Waals surface area contributed by atoms with Crippen LogP contribution in [0.25, 0.3) is 0 Å². The maximum absolute atomic E-state index is 11.3. The highest BCUT2D eigenvalue weighted by molar-refractivity contribution is 5.75. The predicted octanol–water partition coefficient (Wildman–Crippen LogP) is 1.73. The van der Waals surface area contributed by atoms with Crippen molar-refractivity contribution in [3.63, 3.8) is 0 Å². The molecular formula is C11H19O4. The van der Waals surface area contributed by atoms with Crippen molar-refractivity contribution in [3.05, 3.63) is 6.92 Å². The van der Waals surface area contributed by atoms with E-state index in [0.29, 0.717) is 6.42 Å². The van der Waals surface area contributed by atoms with E-state index >= 15 is 0 Å².